The maximum Gasteiger partial charge on any atom is 0.246 e. The van der Waals surface area contributed by atoms with Crippen LogP contribution in [0.1, 0.15) is 51.5 Å². The van der Waals surface area contributed by atoms with Gasteiger partial charge in [0.15, 0.2) is 0 Å². The molecule has 7 heteroatoms. The number of nitrogens with zero attached hydrogens (tertiary/aromatic N) is 1. The number of likely N-dealkylation sites (N-methyl/N-ethyl adjacent to an activating group) is 1. The van der Waals surface area contributed by atoms with Crippen molar-refractivity contribution < 1.29 is 14.4 Å². The molecule has 0 aromatic heterocycles. The molecule has 2 heterocycles. The second kappa shape index (κ2) is 9.87. The average Bonchev–Trinajstić information content (AvgIpc) is 3.09. The number of carbonyl (C=O) groups excluding carboxylic acids is 3. The summed E-state index contributed by atoms with van der Waals surface area (Å²) in [7, 11) is 0. The summed E-state index contributed by atoms with van der Waals surface area (Å²) in [5.74, 6) is -0.410. The molecule has 29 heavy (non-hydrogen) atoms. The van der Waals surface area contributed by atoms with Crippen LogP contribution in [0.5, 0.6) is 0 Å². The zero-order valence-corrected chi connectivity index (χ0v) is 17.3. The number of carbonyl (C=O) groups is 3. The van der Waals surface area contributed by atoms with E-state index in [-0.39, 0.29) is 29.8 Å². The SMILES string of the molecule is CCN[C@@H](C)C(=O)N[C@H]1CCC[C@H]2CC[C@@H](C(=O)NCc3ccccc3)N2C1=O. The number of amides is 3. The highest BCUT2D eigenvalue weighted by Crippen LogP contribution is 2.32. The van der Waals surface area contributed by atoms with Gasteiger partial charge in [0.25, 0.3) is 0 Å². The summed E-state index contributed by atoms with van der Waals surface area (Å²) in [5.41, 5.74) is 1.03. The Balaban J connectivity index is 1.65. The van der Waals surface area contributed by atoms with E-state index in [1.165, 1.54) is 0 Å². The van der Waals surface area contributed by atoms with Gasteiger partial charge >= 0.3 is 0 Å². The zero-order valence-electron chi connectivity index (χ0n) is 17.3. The second-order valence-corrected chi connectivity index (χ2v) is 7.97. The predicted molar refractivity (Wildman–Crippen MR) is 111 cm³/mol. The van der Waals surface area contributed by atoms with E-state index in [0.717, 1.165) is 24.8 Å². The average molecular weight is 401 g/mol. The fraction of sp³-hybridized carbons (Fsp3) is 0.591. The van der Waals surface area contributed by atoms with Crippen molar-refractivity contribution in [2.24, 2.45) is 0 Å². The molecule has 0 radical (unpaired) electrons. The molecular formula is C22H32N4O3. The largest absolute Gasteiger partial charge is 0.350 e. The number of nitrogens with one attached hydrogen (secondary N) is 3. The van der Waals surface area contributed by atoms with Gasteiger partial charge in [-0.2, -0.15) is 0 Å². The molecule has 2 aliphatic rings. The van der Waals surface area contributed by atoms with E-state index < -0.39 is 12.1 Å². The fourth-order valence-corrected chi connectivity index (χ4v) is 4.35. The summed E-state index contributed by atoms with van der Waals surface area (Å²) in [6.45, 7) is 4.86. The molecule has 2 saturated heterocycles. The van der Waals surface area contributed by atoms with Gasteiger partial charge in [-0.3, -0.25) is 14.4 Å². The van der Waals surface area contributed by atoms with Gasteiger partial charge in [-0.05, 0) is 51.1 Å². The molecule has 3 N–H and O–H groups in total. The molecule has 0 bridgehead atoms. The highest BCUT2D eigenvalue weighted by Gasteiger charge is 2.44. The third kappa shape index (κ3) is 5.15. The van der Waals surface area contributed by atoms with Gasteiger partial charge in [0, 0.05) is 12.6 Å². The Morgan fingerprint density at radius 2 is 1.90 bits per heavy atom. The topological polar surface area (TPSA) is 90.5 Å². The van der Waals surface area contributed by atoms with E-state index in [2.05, 4.69) is 16.0 Å². The minimum atomic E-state index is -0.559. The summed E-state index contributed by atoms with van der Waals surface area (Å²) < 4.78 is 0. The Morgan fingerprint density at radius 1 is 1.14 bits per heavy atom. The van der Waals surface area contributed by atoms with Gasteiger partial charge in [-0.15, -0.1) is 0 Å². The maximum atomic E-state index is 13.2. The first-order chi connectivity index (χ1) is 14.0. The minimum absolute atomic E-state index is 0.0862. The van der Waals surface area contributed by atoms with E-state index in [1.807, 2.05) is 37.3 Å². The van der Waals surface area contributed by atoms with Gasteiger partial charge in [0.05, 0.1) is 6.04 Å². The first-order valence-electron chi connectivity index (χ1n) is 10.7. The molecule has 4 atom stereocenters. The lowest BCUT2D eigenvalue weighted by Crippen LogP contribution is -2.56. The molecule has 0 spiro atoms. The number of fused-ring (bicyclic) bond motifs is 1. The standard InChI is InChI=1S/C22H32N4O3/c1-3-23-15(2)20(27)25-18-11-7-10-17-12-13-19(26(17)22(18)29)21(28)24-14-16-8-5-4-6-9-16/h4-6,8-9,15,17-19,23H,3,7,10-14H2,1-2H3,(H,24,28)(H,25,27)/t15-,17-,18-,19-/m0/s1. The molecule has 2 aliphatic heterocycles. The Hall–Kier alpha value is -2.41. The summed E-state index contributed by atoms with van der Waals surface area (Å²) in [6, 6.07) is 8.46. The normalized spacial score (nSPS) is 25.1. The molecule has 2 fully saturated rings. The summed E-state index contributed by atoms with van der Waals surface area (Å²) >= 11 is 0. The number of benzene rings is 1. The van der Waals surface area contributed by atoms with Gasteiger partial charge < -0.3 is 20.9 Å². The van der Waals surface area contributed by atoms with Crippen molar-refractivity contribution in [1.82, 2.24) is 20.9 Å². The van der Waals surface area contributed by atoms with Crippen LogP contribution in [-0.2, 0) is 20.9 Å². The van der Waals surface area contributed by atoms with E-state index in [4.69, 9.17) is 0 Å². The summed E-state index contributed by atoms with van der Waals surface area (Å²) in [6.07, 6.45) is 3.87. The summed E-state index contributed by atoms with van der Waals surface area (Å²) in [4.78, 5) is 40.2. The van der Waals surface area contributed by atoms with Crippen LogP contribution >= 0.6 is 0 Å². The lowest BCUT2D eigenvalue weighted by Gasteiger charge is -2.31. The van der Waals surface area contributed by atoms with Crippen LogP contribution < -0.4 is 16.0 Å². The Kier molecular flexibility index (Phi) is 7.25. The Morgan fingerprint density at radius 3 is 2.62 bits per heavy atom. The highest BCUT2D eigenvalue weighted by molar-refractivity contribution is 5.93. The number of hydrogen-bond acceptors (Lipinski definition) is 4. The lowest BCUT2D eigenvalue weighted by molar-refractivity contribution is -0.142. The van der Waals surface area contributed by atoms with Crippen molar-refractivity contribution in [3.63, 3.8) is 0 Å². The van der Waals surface area contributed by atoms with Gasteiger partial charge in [0.2, 0.25) is 17.7 Å². The van der Waals surface area contributed by atoms with Crippen LogP contribution in [0.3, 0.4) is 0 Å². The highest BCUT2D eigenvalue weighted by atomic mass is 16.2. The monoisotopic (exact) mass is 400 g/mol. The van der Waals surface area contributed by atoms with Crippen molar-refractivity contribution in [2.45, 2.75) is 76.7 Å². The van der Waals surface area contributed by atoms with Crippen molar-refractivity contribution in [3.8, 4) is 0 Å². The molecule has 1 aromatic rings. The molecule has 1 aromatic carbocycles. The van der Waals surface area contributed by atoms with Crippen LogP contribution in [0.4, 0.5) is 0 Å². The molecule has 7 nitrogen and oxygen atoms in total. The molecule has 0 saturated carbocycles. The van der Waals surface area contributed by atoms with Crippen LogP contribution in [0.25, 0.3) is 0 Å². The zero-order chi connectivity index (χ0) is 20.8. The molecule has 0 unspecified atom stereocenters. The lowest BCUT2D eigenvalue weighted by atomic mass is 10.1. The van der Waals surface area contributed by atoms with E-state index in [9.17, 15) is 14.4 Å². The van der Waals surface area contributed by atoms with Crippen LogP contribution in [0.2, 0.25) is 0 Å². The van der Waals surface area contributed by atoms with Crippen molar-refractivity contribution >= 4 is 17.7 Å². The molecular weight excluding hydrogens is 368 g/mol. The van der Waals surface area contributed by atoms with E-state index in [1.54, 1.807) is 11.8 Å². The first kappa shape index (κ1) is 21.3. The van der Waals surface area contributed by atoms with Crippen molar-refractivity contribution in [3.05, 3.63) is 35.9 Å². The molecule has 3 rings (SSSR count). The molecule has 3 amide bonds. The van der Waals surface area contributed by atoms with Gasteiger partial charge in [-0.25, -0.2) is 0 Å². The smallest absolute Gasteiger partial charge is 0.246 e. The minimum Gasteiger partial charge on any atom is -0.350 e. The first-order valence-corrected chi connectivity index (χ1v) is 10.7. The van der Waals surface area contributed by atoms with Crippen LogP contribution in [-0.4, -0.2) is 53.3 Å². The molecule has 158 valence electrons. The van der Waals surface area contributed by atoms with Crippen LogP contribution in [0, 0.1) is 0 Å². The predicted octanol–water partition coefficient (Wildman–Crippen LogP) is 1.33. The van der Waals surface area contributed by atoms with Crippen molar-refractivity contribution in [2.75, 3.05) is 6.54 Å². The van der Waals surface area contributed by atoms with E-state index >= 15 is 0 Å². The second-order valence-electron chi connectivity index (χ2n) is 7.97. The Labute approximate surface area is 172 Å². The Bertz CT molecular complexity index is 724. The van der Waals surface area contributed by atoms with Crippen molar-refractivity contribution in [1.29, 1.82) is 0 Å². The maximum absolute atomic E-state index is 13.2. The van der Waals surface area contributed by atoms with E-state index in [0.29, 0.717) is 25.9 Å². The third-order valence-corrected chi connectivity index (χ3v) is 5.92. The fourth-order valence-electron chi connectivity index (χ4n) is 4.35. The number of rotatable bonds is 7. The third-order valence-electron chi connectivity index (χ3n) is 5.92. The van der Waals surface area contributed by atoms with Crippen LogP contribution in [0.15, 0.2) is 30.3 Å². The van der Waals surface area contributed by atoms with Gasteiger partial charge in [0.1, 0.15) is 12.1 Å². The quantitative estimate of drug-likeness (QED) is 0.644. The molecule has 0 aliphatic carbocycles. The number of hydrogen-bond donors (Lipinski definition) is 3. The summed E-state index contributed by atoms with van der Waals surface area (Å²) in [5, 5.41) is 8.94. The van der Waals surface area contributed by atoms with Gasteiger partial charge in [-0.1, -0.05) is 37.3 Å².